The van der Waals surface area contributed by atoms with Crippen LogP contribution in [0.15, 0.2) is 60.4 Å². The van der Waals surface area contributed by atoms with Gasteiger partial charge in [-0.25, -0.2) is 15.0 Å². The fourth-order valence-corrected chi connectivity index (χ4v) is 3.76. The Labute approximate surface area is 155 Å². The first-order chi connectivity index (χ1) is 12.9. The average molecular weight is 362 g/mol. The summed E-state index contributed by atoms with van der Waals surface area (Å²) in [6.45, 7) is 3.13. The summed E-state index contributed by atoms with van der Waals surface area (Å²) in [5.74, 6) is 1.47. The number of nitrogens with one attached hydrogen (secondary N) is 1. The molecule has 3 heterocycles. The molecule has 0 atom stereocenters. The van der Waals surface area contributed by atoms with Crippen LogP contribution in [0.4, 0.5) is 5.82 Å². The summed E-state index contributed by atoms with van der Waals surface area (Å²) in [4.78, 5) is 14.2. The molecule has 4 aromatic rings. The second-order valence-corrected chi connectivity index (χ2v) is 6.53. The summed E-state index contributed by atoms with van der Waals surface area (Å²) in [6.07, 6.45) is 3.34. The number of pyridine rings is 1. The van der Waals surface area contributed by atoms with Crippen molar-refractivity contribution in [1.29, 1.82) is 0 Å². The molecule has 0 aliphatic carbocycles. The fourth-order valence-electron chi connectivity index (χ4n) is 2.84. The summed E-state index contributed by atoms with van der Waals surface area (Å²) in [5, 5.41) is 6.62. The molecule has 1 N–H and O–H groups in total. The van der Waals surface area contributed by atoms with Crippen LogP contribution < -0.4 is 10.1 Å². The van der Waals surface area contributed by atoms with E-state index in [-0.39, 0.29) is 0 Å². The molecule has 0 spiro atoms. The molecule has 3 aromatic heterocycles. The highest BCUT2D eigenvalue weighted by atomic mass is 32.1. The lowest BCUT2D eigenvalue weighted by molar-refractivity contribution is 0.323. The molecule has 0 radical (unpaired) electrons. The van der Waals surface area contributed by atoms with Crippen molar-refractivity contribution in [3.8, 4) is 17.0 Å². The maximum Gasteiger partial charge on any atom is 0.218 e. The number of hydrogen-bond donors (Lipinski definition) is 1. The van der Waals surface area contributed by atoms with E-state index in [0.29, 0.717) is 19.0 Å². The lowest BCUT2D eigenvalue weighted by Crippen LogP contribution is -2.06. The molecule has 0 bridgehead atoms. The van der Waals surface area contributed by atoms with Crippen molar-refractivity contribution in [3.05, 3.63) is 65.9 Å². The van der Waals surface area contributed by atoms with Crippen molar-refractivity contribution in [2.24, 2.45) is 0 Å². The van der Waals surface area contributed by atoms with E-state index in [0.717, 1.165) is 32.7 Å². The molecule has 0 saturated carbocycles. The molecule has 5 nitrogen and oxygen atoms in total. The number of hydrogen-bond acceptors (Lipinski definition) is 6. The topological polar surface area (TPSA) is 59.9 Å². The van der Waals surface area contributed by atoms with E-state index < -0.39 is 0 Å². The van der Waals surface area contributed by atoms with Crippen LogP contribution in [0.25, 0.3) is 21.3 Å². The maximum atomic E-state index is 5.61. The summed E-state index contributed by atoms with van der Waals surface area (Å²) >= 11 is 1.63. The number of benzene rings is 1. The van der Waals surface area contributed by atoms with Crippen LogP contribution >= 0.6 is 11.3 Å². The van der Waals surface area contributed by atoms with Gasteiger partial charge in [0.25, 0.3) is 0 Å². The summed E-state index contributed by atoms with van der Waals surface area (Å²) in [6, 6.07) is 14.2. The third kappa shape index (κ3) is 3.23. The second-order valence-electron chi connectivity index (χ2n) is 5.67. The number of ether oxygens (including phenoxy) is 1. The number of aromatic nitrogens is 3. The fraction of sp³-hybridized carbons (Fsp3) is 0.150. The van der Waals surface area contributed by atoms with E-state index in [2.05, 4.69) is 37.8 Å². The molecular formula is C20H18N4OS. The van der Waals surface area contributed by atoms with Gasteiger partial charge in [0.05, 0.1) is 12.0 Å². The molecule has 0 saturated heterocycles. The molecule has 0 fully saturated rings. The smallest absolute Gasteiger partial charge is 0.218 e. The van der Waals surface area contributed by atoms with Crippen molar-refractivity contribution in [2.45, 2.75) is 13.5 Å². The zero-order chi connectivity index (χ0) is 17.8. The molecule has 1 aromatic carbocycles. The summed E-state index contributed by atoms with van der Waals surface area (Å²) in [7, 11) is 0. The molecule has 26 heavy (non-hydrogen) atoms. The SMILES string of the molecule is CCOc1ncccc1CNc1ncnc2scc(-c3ccccc3)c12. The van der Waals surface area contributed by atoms with Crippen molar-refractivity contribution in [1.82, 2.24) is 15.0 Å². The Kier molecular flexibility index (Phi) is 4.75. The third-order valence-corrected chi connectivity index (χ3v) is 4.92. The Morgan fingerprint density at radius 1 is 1.04 bits per heavy atom. The van der Waals surface area contributed by atoms with E-state index in [1.807, 2.05) is 37.3 Å². The zero-order valence-corrected chi connectivity index (χ0v) is 15.2. The largest absolute Gasteiger partial charge is 0.478 e. The van der Waals surface area contributed by atoms with E-state index in [1.165, 1.54) is 0 Å². The first kappa shape index (κ1) is 16.5. The summed E-state index contributed by atoms with van der Waals surface area (Å²) in [5.41, 5.74) is 3.30. The van der Waals surface area contributed by atoms with Crippen LogP contribution in [0.2, 0.25) is 0 Å². The van der Waals surface area contributed by atoms with Crippen molar-refractivity contribution >= 4 is 27.4 Å². The third-order valence-electron chi connectivity index (χ3n) is 4.03. The van der Waals surface area contributed by atoms with Crippen LogP contribution in [0.3, 0.4) is 0 Å². The molecule has 0 aliphatic rings. The Morgan fingerprint density at radius 2 is 1.92 bits per heavy atom. The van der Waals surface area contributed by atoms with Crippen LogP contribution in [0.1, 0.15) is 12.5 Å². The minimum absolute atomic E-state index is 0.583. The van der Waals surface area contributed by atoms with Crippen LogP contribution in [0, 0.1) is 0 Å². The number of nitrogens with zero attached hydrogens (tertiary/aromatic N) is 3. The second kappa shape index (κ2) is 7.49. The van der Waals surface area contributed by atoms with Crippen molar-refractivity contribution < 1.29 is 4.74 Å². The lowest BCUT2D eigenvalue weighted by Gasteiger charge is -2.11. The van der Waals surface area contributed by atoms with Gasteiger partial charge in [0.2, 0.25) is 5.88 Å². The lowest BCUT2D eigenvalue weighted by atomic mass is 10.1. The minimum Gasteiger partial charge on any atom is -0.478 e. The highest BCUT2D eigenvalue weighted by molar-refractivity contribution is 7.17. The van der Waals surface area contributed by atoms with Gasteiger partial charge in [0.15, 0.2) is 0 Å². The van der Waals surface area contributed by atoms with Gasteiger partial charge < -0.3 is 10.1 Å². The minimum atomic E-state index is 0.583. The Balaban J connectivity index is 1.68. The molecule has 0 aliphatic heterocycles. The van der Waals surface area contributed by atoms with E-state index in [1.54, 1.807) is 23.9 Å². The Morgan fingerprint density at radius 3 is 2.77 bits per heavy atom. The van der Waals surface area contributed by atoms with Gasteiger partial charge in [-0.2, -0.15) is 0 Å². The quantitative estimate of drug-likeness (QED) is 0.536. The van der Waals surface area contributed by atoms with E-state index >= 15 is 0 Å². The first-order valence-electron chi connectivity index (χ1n) is 8.45. The van der Waals surface area contributed by atoms with Crippen molar-refractivity contribution in [2.75, 3.05) is 11.9 Å². The van der Waals surface area contributed by atoms with Gasteiger partial charge in [0.1, 0.15) is 17.0 Å². The zero-order valence-electron chi connectivity index (χ0n) is 14.3. The summed E-state index contributed by atoms with van der Waals surface area (Å²) < 4.78 is 5.61. The maximum absolute atomic E-state index is 5.61. The first-order valence-corrected chi connectivity index (χ1v) is 9.33. The van der Waals surface area contributed by atoms with Crippen LogP contribution in [-0.2, 0) is 6.54 Å². The Hall–Kier alpha value is -2.99. The number of thiophene rings is 1. The highest BCUT2D eigenvalue weighted by Crippen LogP contribution is 2.36. The number of anilines is 1. The molecule has 0 unspecified atom stereocenters. The highest BCUT2D eigenvalue weighted by Gasteiger charge is 2.13. The molecular weight excluding hydrogens is 344 g/mol. The Bertz CT molecular complexity index is 1020. The number of rotatable bonds is 6. The standard InChI is InChI=1S/C20H18N4OS/c1-2-25-19-15(9-6-10-21-19)11-22-18-17-16(14-7-4-3-5-8-14)12-26-20(17)24-13-23-18/h3-10,12-13H,2,11H2,1H3,(H,22,23,24). The van der Waals surface area contributed by atoms with Gasteiger partial charge in [-0.15, -0.1) is 11.3 Å². The van der Waals surface area contributed by atoms with Gasteiger partial charge in [0, 0.05) is 29.2 Å². The van der Waals surface area contributed by atoms with Crippen LogP contribution in [0.5, 0.6) is 5.88 Å². The van der Waals surface area contributed by atoms with Crippen molar-refractivity contribution in [3.63, 3.8) is 0 Å². The predicted octanol–water partition coefficient (Wildman–Crippen LogP) is 4.76. The normalized spacial score (nSPS) is 10.8. The molecule has 130 valence electrons. The van der Waals surface area contributed by atoms with Gasteiger partial charge in [-0.1, -0.05) is 36.4 Å². The molecule has 0 amide bonds. The van der Waals surface area contributed by atoms with Gasteiger partial charge in [-0.3, -0.25) is 0 Å². The molecule has 4 rings (SSSR count). The van der Waals surface area contributed by atoms with Gasteiger partial charge in [-0.05, 0) is 18.6 Å². The van der Waals surface area contributed by atoms with Gasteiger partial charge >= 0.3 is 0 Å². The number of fused-ring (bicyclic) bond motifs is 1. The predicted molar refractivity (Wildman–Crippen MR) is 106 cm³/mol. The van der Waals surface area contributed by atoms with E-state index in [9.17, 15) is 0 Å². The average Bonchev–Trinajstić information content (AvgIpc) is 3.13. The monoisotopic (exact) mass is 362 g/mol. The van der Waals surface area contributed by atoms with E-state index in [4.69, 9.17) is 4.74 Å². The molecule has 6 heteroatoms. The van der Waals surface area contributed by atoms with Crippen LogP contribution in [-0.4, -0.2) is 21.6 Å².